The maximum Gasteiger partial charge on any atom is 0.309 e. The van der Waals surface area contributed by atoms with E-state index in [0.717, 1.165) is 17.0 Å². The molecule has 0 radical (unpaired) electrons. The van der Waals surface area contributed by atoms with Crippen molar-refractivity contribution in [2.75, 3.05) is 25.6 Å². The van der Waals surface area contributed by atoms with Gasteiger partial charge in [0.15, 0.2) is 11.7 Å². The van der Waals surface area contributed by atoms with Gasteiger partial charge in [-0.15, -0.1) is 11.3 Å². The minimum Gasteiger partial charge on any atom is -0.497 e. The number of carbonyl (C=O) groups is 2. The van der Waals surface area contributed by atoms with Gasteiger partial charge in [0.05, 0.1) is 25.8 Å². The van der Waals surface area contributed by atoms with Crippen LogP contribution in [-0.4, -0.2) is 37.2 Å². The number of nitrogens with zero attached hydrogens (tertiary/aromatic N) is 1. The summed E-state index contributed by atoms with van der Waals surface area (Å²) in [4.78, 5) is 28.1. The van der Waals surface area contributed by atoms with Crippen LogP contribution in [0.25, 0.3) is 11.3 Å². The van der Waals surface area contributed by atoms with Crippen molar-refractivity contribution in [1.82, 2.24) is 4.98 Å². The Labute approximate surface area is 172 Å². The van der Waals surface area contributed by atoms with Gasteiger partial charge in [0.25, 0.3) is 5.91 Å². The van der Waals surface area contributed by atoms with Gasteiger partial charge in [-0.1, -0.05) is 18.2 Å². The zero-order valence-electron chi connectivity index (χ0n) is 15.8. The van der Waals surface area contributed by atoms with Gasteiger partial charge in [-0.05, 0) is 36.4 Å². The molecule has 0 saturated heterocycles. The largest absolute Gasteiger partial charge is 0.497 e. The lowest BCUT2D eigenvalue weighted by Gasteiger charge is -2.06. The van der Waals surface area contributed by atoms with Gasteiger partial charge in [0.1, 0.15) is 11.5 Å². The molecule has 1 heterocycles. The van der Waals surface area contributed by atoms with Gasteiger partial charge in [0, 0.05) is 10.9 Å². The predicted molar refractivity (Wildman–Crippen MR) is 110 cm³/mol. The predicted octanol–water partition coefficient (Wildman–Crippen LogP) is 3.77. The van der Waals surface area contributed by atoms with Gasteiger partial charge in [-0.2, -0.15) is 0 Å². The maximum absolute atomic E-state index is 12.0. The van der Waals surface area contributed by atoms with E-state index in [4.69, 9.17) is 14.2 Å². The van der Waals surface area contributed by atoms with Crippen molar-refractivity contribution in [2.24, 2.45) is 0 Å². The number of hydrogen-bond acceptors (Lipinski definition) is 7. The third-order valence-corrected chi connectivity index (χ3v) is 4.58. The molecule has 2 aromatic carbocycles. The van der Waals surface area contributed by atoms with E-state index >= 15 is 0 Å². The highest BCUT2D eigenvalue weighted by molar-refractivity contribution is 7.14. The lowest BCUT2D eigenvalue weighted by atomic mass is 10.2. The number of thiazole rings is 1. The van der Waals surface area contributed by atoms with Crippen molar-refractivity contribution in [2.45, 2.75) is 6.42 Å². The highest BCUT2D eigenvalue weighted by Gasteiger charge is 2.11. The van der Waals surface area contributed by atoms with Crippen LogP contribution in [0, 0.1) is 0 Å². The number of amides is 1. The molecule has 0 atom stereocenters. The van der Waals surface area contributed by atoms with Crippen molar-refractivity contribution in [3.63, 3.8) is 0 Å². The number of benzene rings is 2. The summed E-state index contributed by atoms with van der Waals surface area (Å²) in [6, 6.07) is 16.6. The second-order valence-corrected chi connectivity index (χ2v) is 6.74. The number of nitrogens with one attached hydrogen (secondary N) is 1. The van der Waals surface area contributed by atoms with Crippen LogP contribution in [0.3, 0.4) is 0 Å². The van der Waals surface area contributed by atoms with E-state index in [9.17, 15) is 9.59 Å². The SMILES string of the molecule is COc1ccc(-c2csc(NC(=O)COC(=O)CCOc3ccccc3)n2)cc1. The Balaban J connectivity index is 1.40. The Morgan fingerprint density at radius 2 is 1.79 bits per heavy atom. The van der Waals surface area contributed by atoms with E-state index in [-0.39, 0.29) is 19.6 Å². The molecule has 0 aliphatic rings. The normalized spacial score (nSPS) is 10.2. The summed E-state index contributed by atoms with van der Waals surface area (Å²) in [5.74, 6) is 0.482. The lowest BCUT2D eigenvalue weighted by molar-refractivity contribution is -0.147. The number of aromatic nitrogens is 1. The van der Waals surface area contributed by atoms with Crippen LogP contribution in [0.4, 0.5) is 5.13 Å². The van der Waals surface area contributed by atoms with Gasteiger partial charge in [0.2, 0.25) is 0 Å². The molecule has 8 heteroatoms. The standard InChI is InChI=1S/C21H20N2O5S/c1-26-16-9-7-15(8-10-16)18-14-29-21(22-18)23-19(24)13-28-20(25)11-12-27-17-5-3-2-4-6-17/h2-10,14H,11-13H2,1H3,(H,22,23,24). The molecule has 0 aliphatic heterocycles. The number of hydrogen-bond donors (Lipinski definition) is 1. The Morgan fingerprint density at radius 3 is 2.52 bits per heavy atom. The average molecular weight is 412 g/mol. The van der Waals surface area contributed by atoms with E-state index in [1.165, 1.54) is 11.3 Å². The van der Waals surface area contributed by atoms with Crippen molar-refractivity contribution in [3.05, 3.63) is 60.0 Å². The van der Waals surface area contributed by atoms with Crippen LogP contribution in [0.15, 0.2) is 60.0 Å². The Kier molecular flexibility index (Phi) is 7.18. The molecule has 0 unspecified atom stereocenters. The van der Waals surface area contributed by atoms with Gasteiger partial charge in [-0.3, -0.25) is 14.9 Å². The van der Waals surface area contributed by atoms with Crippen molar-refractivity contribution in [3.8, 4) is 22.8 Å². The molecule has 1 amide bonds. The topological polar surface area (TPSA) is 86.8 Å². The monoisotopic (exact) mass is 412 g/mol. The smallest absolute Gasteiger partial charge is 0.309 e. The minimum absolute atomic E-state index is 0.0566. The number of esters is 1. The van der Waals surface area contributed by atoms with E-state index in [0.29, 0.717) is 10.9 Å². The van der Waals surface area contributed by atoms with Gasteiger partial charge in [-0.25, -0.2) is 4.98 Å². The Morgan fingerprint density at radius 1 is 1.03 bits per heavy atom. The van der Waals surface area contributed by atoms with Crippen LogP contribution >= 0.6 is 11.3 Å². The first-order valence-electron chi connectivity index (χ1n) is 8.87. The number of carbonyl (C=O) groups excluding carboxylic acids is 2. The van der Waals surface area contributed by atoms with E-state index in [2.05, 4.69) is 10.3 Å². The van der Waals surface area contributed by atoms with Gasteiger partial charge < -0.3 is 14.2 Å². The fourth-order valence-corrected chi connectivity index (χ4v) is 3.10. The molecule has 0 spiro atoms. The molecule has 7 nitrogen and oxygen atoms in total. The summed E-state index contributed by atoms with van der Waals surface area (Å²) >= 11 is 1.29. The molecule has 3 rings (SSSR count). The molecular formula is C21H20N2O5S. The first kappa shape index (κ1) is 20.3. The number of methoxy groups -OCH3 is 1. The average Bonchev–Trinajstić information content (AvgIpc) is 3.21. The van der Waals surface area contributed by atoms with Crippen molar-refractivity contribution >= 4 is 28.3 Å². The minimum atomic E-state index is -0.505. The fourth-order valence-electron chi connectivity index (χ4n) is 2.37. The molecule has 29 heavy (non-hydrogen) atoms. The molecule has 0 saturated carbocycles. The summed E-state index contributed by atoms with van der Waals surface area (Å²) in [7, 11) is 1.61. The molecule has 0 fully saturated rings. The molecule has 150 valence electrons. The molecule has 0 aliphatic carbocycles. The third kappa shape index (κ3) is 6.32. The van der Waals surface area contributed by atoms with Crippen molar-refractivity contribution < 1.29 is 23.8 Å². The second-order valence-electron chi connectivity index (χ2n) is 5.89. The zero-order valence-corrected chi connectivity index (χ0v) is 16.6. The quantitative estimate of drug-likeness (QED) is 0.539. The van der Waals surface area contributed by atoms with Crippen LogP contribution in [-0.2, 0) is 14.3 Å². The molecular weight excluding hydrogens is 392 g/mol. The van der Waals surface area contributed by atoms with Crippen molar-refractivity contribution in [1.29, 1.82) is 0 Å². The summed E-state index contributed by atoms with van der Waals surface area (Å²) in [6.45, 7) is -0.191. The van der Waals surface area contributed by atoms with Crippen LogP contribution < -0.4 is 14.8 Å². The lowest BCUT2D eigenvalue weighted by Crippen LogP contribution is -2.21. The highest BCUT2D eigenvalue weighted by atomic mass is 32.1. The van der Waals surface area contributed by atoms with E-state index in [1.54, 1.807) is 19.2 Å². The number of anilines is 1. The van der Waals surface area contributed by atoms with Crippen LogP contribution in [0.2, 0.25) is 0 Å². The fraction of sp³-hybridized carbons (Fsp3) is 0.190. The van der Waals surface area contributed by atoms with E-state index < -0.39 is 11.9 Å². The molecule has 1 N–H and O–H groups in total. The second kappa shape index (κ2) is 10.2. The Bertz CT molecular complexity index is 941. The highest BCUT2D eigenvalue weighted by Crippen LogP contribution is 2.26. The first-order valence-corrected chi connectivity index (χ1v) is 9.75. The molecule has 1 aromatic heterocycles. The molecule has 0 bridgehead atoms. The zero-order chi connectivity index (χ0) is 20.5. The van der Waals surface area contributed by atoms with Crippen LogP contribution in [0.1, 0.15) is 6.42 Å². The Hall–Kier alpha value is -3.39. The summed E-state index contributed by atoms with van der Waals surface area (Å²) in [5.41, 5.74) is 1.65. The van der Waals surface area contributed by atoms with E-state index in [1.807, 2.05) is 47.8 Å². The first-order chi connectivity index (χ1) is 14.1. The summed E-state index contributed by atoms with van der Waals surface area (Å²) in [6.07, 6.45) is 0.0566. The van der Waals surface area contributed by atoms with Crippen LogP contribution in [0.5, 0.6) is 11.5 Å². The van der Waals surface area contributed by atoms with Gasteiger partial charge >= 0.3 is 5.97 Å². The number of ether oxygens (including phenoxy) is 3. The molecule has 3 aromatic rings. The summed E-state index contributed by atoms with van der Waals surface area (Å²) in [5, 5.41) is 4.90. The summed E-state index contributed by atoms with van der Waals surface area (Å²) < 4.78 is 15.5. The third-order valence-electron chi connectivity index (χ3n) is 3.82. The number of rotatable bonds is 9. The number of para-hydroxylation sites is 1. The maximum atomic E-state index is 12.0.